The molecule has 0 aromatic carbocycles. The van der Waals surface area contributed by atoms with Gasteiger partial charge in [-0.1, -0.05) is 39.8 Å². The zero-order valence-electron chi connectivity index (χ0n) is 12.7. The molecule has 1 rings (SSSR count). The van der Waals surface area contributed by atoms with E-state index in [1.807, 2.05) is 34.6 Å². The summed E-state index contributed by atoms with van der Waals surface area (Å²) in [6.07, 6.45) is 1.68. The van der Waals surface area contributed by atoms with Gasteiger partial charge in [-0.15, -0.1) is 0 Å². The van der Waals surface area contributed by atoms with Crippen molar-refractivity contribution >= 4 is 5.78 Å². The van der Waals surface area contributed by atoms with Crippen LogP contribution in [0.2, 0.25) is 0 Å². The van der Waals surface area contributed by atoms with Crippen LogP contribution in [0.1, 0.15) is 59.2 Å². The number of aromatic nitrogens is 2. The molecule has 1 aromatic heterocycles. The largest absolute Gasteiger partial charge is 0.370 e. The predicted octanol–water partition coefficient (Wildman–Crippen LogP) is 2.89. The van der Waals surface area contributed by atoms with Gasteiger partial charge in [-0.2, -0.15) is 4.98 Å². The van der Waals surface area contributed by atoms with Crippen LogP contribution in [-0.2, 0) is 21.6 Å². The molecule has 0 fully saturated rings. The highest BCUT2D eigenvalue weighted by molar-refractivity contribution is 5.84. The summed E-state index contributed by atoms with van der Waals surface area (Å²) in [4.78, 5) is 16.3. The van der Waals surface area contributed by atoms with E-state index < -0.39 is 11.0 Å². The minimum absolute atomic E-state index is 0.0821. The number of rotatable bonds is 6. The van der Waals surface area contributed by atoms with Crippen molar-refractivity contribution in [1.82, 2.24) is 10.1 Å². The molecule has 0 atom stereocenters. The molecule has 1 aromatic rings. The van der Waals surface area contributed by atoms with Crippen molar-refractivity contribution in [1.29, 1.82) is 0 Å². The molecule has 0 saturated carbocycles. The second-order valence-corrected chi connectivity index (χ2v) is 5.77. The summed E-state index contributed by atoms with van der Waals surface area (Å²) >= 11 is 0. The van der Waals surface area contributed by atoms with Crippen LogP contribution in [0.15, 0.2) is 4.52 Å². The fraction of sp³-hybridized carbons (Fsp3) is 0.786. The molecule has 0 aliphatic rings. The molecule has 5 nitrogen and oxygen atoms in total. The van der Waals surface area contributed by atoms with Crippen molar-refractivity contribution in [3.63, 3.8) is 0 Å². The molecule has 0 radical (unpaired) electrons. The number of methoxy groups -OCH3 is 1. The van der Waals surface area contributed by atoms with Crippen LogP contribution in [0, 0.1) is 5.41 Å². The first-order chi connectivity index (χ1) is 8.79. The molecule has 5 heteroatoms. The summed E-state index contributed by atoms with van der Waals surface area (Å²) < 4.78 is 10.7. The minimum atomic E-state index is -0.521. The van der Waals surface area contributed by atoms with Gasteiger partial charge in [0.05, 0.1) is 6.42 Å². The molecule has 0 bridgehead atoms. The first-order valence-corrected chi connectivity index (χ1v) is 6.70. The number of Topliss-reactive ketones (excluding diaryl/α,β-unsaturated/α-hetero) is 1. The van der Waals surface area contributed by atoms with Crippen LogP contribution in [0.4, 0.5) is 0 Å². The van der Waals surface area contributed by atoms with Gasteiger partial charge in [-0.25, -0.2) is 0 Å². The van der Waals surface area contributed by atoms with E-state index in [0.717, 1.165) is 12.8 Å². The van der Waals surface area contributed by atoms with Crippen molar-refractivity contribution in [3.8, 4) is 0 Å². The molecule has 0 amide bonds. The summed E-state index contributed by atoms with van der Waals surface area (Å²) in [6, 6.07) is 0. The van der Waals surface area contributed by atoms with E-state index in [1.165, 1.54) is 0 Å². The van der Waals surface area contributed by atoms with Crippen molar-refractivity contribution in [2.75, 3.05) is 7.11 Å². The maximum atomic E-state index is 11.9. The Morgan fingerprint density at radius 1 is 1.26 bits per heavy atom. The van der Waals surface area contributed by atoms with Gasteiger partial charge in [0.15, 0.2) is 0 Å². The molecule has 0 aliphatic carbocycles. The zero-order chi connectivity index (χ0) is 14.7. The van der Waals surface area contributed by atoms with Gasteiger partial charge < -0.3 is 9.26 Å². The van der Waals surface area contributed by atoms with E-state index in [0.29, 0.717) is 11.7 Å². The molecule has 19 heavy (non-hydrogen) atoms. The Morgan fingerprint density at radius 2 is 1.84 bits per heavy atom. The normalized spacial score (nSPS) is 12.7. The van der Waals surface area contributed by atoms with E-state index in [2.05, 4.69) is 10.1 Å². The maximum absolute atomic E-state index is 11.9. The van der Waals surface area contributed by atoms with Crippen LogP contribution in [0.5, 0.6) is 0 Å². The lowest BCUT2D eigenvalue weighted by atomic mass is 9.89. The lowest BCUT2D eigenvalue weighted by molar-refractivity contribution is -0.125. The first-order valence-electron chi connectivity index (χ1n) is 6.70. The van der Waals surface area contributed by atoms with Crippen molar-refractivity contribution < 1.29 is 14.1 Å². The zero-order valence-corrected chi connectivity index (χ0v) is 12.7. The number of hydrogen-bond acceptors (Lipinski definition) is 5. The van der Waals surface area contributed by atoms with Gasteiger partial charge in [-0.05, 0) is 12.8 Å². The van der Waals surface area contributed by atoms with Crippen molar-refractivity contribution in [2.45, 2.75) is 59.5 Å². The monoisotopic (exact) mass is 268 g/mol. The summed E-state index contributed by atoms with van der Waals surface area (Å²) in [7, 11) is 1.64. The van der Waals surface area contributed by atoms with Crippen LogP contribution in [0.25, 0.3) is 0 Å². The molecular weight excluding hydrogens is 244 g/mol. The number of hydrogen-bond donors (Lipinski definition) is 0. The van der Waals surface area contributed by atoms with E-state index in [-0.39, 0.29) is 12.2 Å². The molecule has 0 unspecified atom stereocenters. The smallest absolute Gasteiger partial charge is 0.234 e. The van der Waals surface area contributed by atoms with Gasteiger partial charge in [0.25, 0.3) is 0 Å². The number of ether oxygens (including phenoxy) is 1. The quantitative estimate of drug-likeness (QED) is 0.793. The number of nitrogens with zero attached hydrogens (tertiary/aromatic N) is 2. The SMILES string of the molecule is CCC(CC)(OC)c1noc(CC(=O)C(C)(C)C)n1. The standard InChI is InChI=1S/C14H24N2O3/c1-7-14(8-2,18-6)12-15-11(19-16-12)9-10(17)13(3,4)5/h7-9H2,1-6H3. The molecule has 0 saturated heterocycles. The van der Waals surface area contributed by atoms with Crippen molar-refractivity contribution in [2.24, 2.45) is 5.41 Å². The van der Waals surface area contributed by atoms with E-state index in [1.54, 1.807) is 7.11 Å². The van der Waals surface area contributed by atoms with Gasteiger partial charge >= 0.3 is 0 Å². The Labute approximate surface area is 114 Å². The average molecular weight is 268 g/mol. The Hall–Kier alpha value is -1.23. The number of carbonyl (C=O) groups excluding carboxylic acids is 1. The lowest BCUT2D eigenvalue weighted by Gasteiger charge is -2.25. The molecule has 0 spiro atoms. The highest BCUT2D eigenvalue weighted by Gasteiger charge is 2.34. The minimum Gasteiger partial charge on any atom is -0.370 e. The summed E-state index contributed by atoms with van der Waals surface area (Å²) in [6.45, 7) is 9.67. The van der Waals surface area contributed by atoms with Crippen LogP contribution in [0.3, 0.4) is 0 Å². The van der Waals surface area contributed by atoms with Crippen LogP contribution in [-0.4, -0.2) is 23.0 Å². The molecule has 108 valence electrons. The van der Waals surface area contributed by atoms with Crippen LogP contribution < -0.4 is 0 Å². The molecule has 1 heterocycles. The highest BCUT2D eigenvalue weighted by atomic mass is 16.5. The molecular formula is C14H24N2O3. The van der Waals surface area contributed by atoms with E-state index >= 15 is 0 Å². The number of ketones is 1. The first kappa shape index (κ1) is 15.8. The number of carbonyl (C=O) groups is 1. The fourth-order valence-electron chi connectivity index (χ4n) is 1.86. The van der Waals surface area contributed by atoms with E-state index in [9.17, 15) is 4.79 Å². The topological polar surface area (TPSA) is 65.2 Å². The lowest BCUT2D eigenvalue weighted by Crippen LogP contribution is -2.28. The maximum Gasteiger partial charge on any atom is 0.234 e. The van der Waals surface area contributed by atoms with Gasteiger partial charge in [0, 0.05) is 12.5 Å². The van der Waals surface area contributed by atoms with Gasteiger partial charge in [0.2, 0.25) is 11.7 Å². The van der Waals surface area contributed by atoms with Gasteiger partial charge in [0.1, 0.15) is 11.4 Å². The second kappa shape index (κ2) is 5.82. The average Bonchev–Trinajstić information content (AvgIpc) is 2.80. The van der Waals surface area contributed by atoms with E-state index in [4.69, 9.17) is 9.26 Å². The Morgan fingerprint density at radius 3 is 2.26 bits per heavy atom. The molecule has 0 aliphatic heterocycles. The second-order valence-electron chi connectivity index (χ2n) is 5.77. The summed E-state index contributed by atoms with van der Waals surface area (Å²) in [5, 5.41) is 3.97. The highest BCUT2D eigenvalue weighted by Crippen LogP contribution is 2.30. The third kappa shape index (κ3) is 3.41. The summed E-state index contributed by atoms with van der Waals surface area (Å²) in [5.41, 5.74) is -0.922. The van der Waals surface area contributed by atoms with Gasteiger partial charge in [-0.3, -0.25) is 4.79 Å². The third-order valence-corrected chi connectivity index (χ3v) is 3.56. The predicted molar refractivity (Wildman–Crippen MR) is 71.7 cm³/mol. The Kier molecular flexibility index (Phi) is 4.85. The summed E-state index contributed by atoms with van der Waals surface area (Å²) in [5.74, 6) is 0.966. The Balaban J connectivity index is 2.91. The van der Waals surface area contributed by atoms with Crippen molar-refractivity contribution in [3.05, 3.63) is 11.7 Å². The Bertz CT molecular complexity index is 420. The fourth-order valence-corrected chi connectivity index (χ4v) is 1.86. The third-order valence-electron chi connectivity index (χ3n) is 3.56. The van der Waals surface area contributed by atoms with Crippen LogP contribution >= 0.6 is 0 Å². The molecule has 0 N–H and O–H groups in total.